The molecule has 0 aliphatic rings. The third-order valence-corrected chi connectivity index (χ3v) is 4.43. The Hall–Kier alpha value is -3.67. The molecular formula is C23H23N3O3. The molecule has 0 fully saturated rings. The predicted molar refractivity (Wildman–Crippen MR) is 114 cm³/mol. The fourth-order valence-corrected chi connectivity index (χ4v) is 2.92. The Morgan fingerprint density at radius 3 is 2.34 bits per heavy atom. The minimum absolute atomic E-state index is 0.228. The van der Waals surface area contributed by atoms with Crippen LogP contribution in [0.2, 0.25) is 0 Å². The SMILES string of the molecule is CCOC(=O)c1ccccc1Nc1ccc(C(=O)Nc2c(C)cccc2C)cn1. The number of esters is 1. The molecule has 0 aliphatic heterocycles. The van der Waals surface area contributed by atoms with Crippen LogP contribution in [0.15, 0.2) is 60.8 Å². The summed E-state index contributed by atoms with van der Waals surface area (Å²) in [4.78, 5) is 29.0. The Balaban J connectivity index is 1.74. The summed E-state index contributed by atoms with van der Waals surface area (Å²) in [5.41, 5.74) is 4.26. The molecular weight excluding hydrogens is 366 g/mol. The van der Waals surface area contributed by atoms with Crippen LogP contribution in [-0.4, -0.2) is 23.5 Å². The smallest absolute Gasteiger partial charge is 0.340 e. The molecule has 2 N–H and O–H groups in total. The number of carbonyl (C=O) groups excluding carboxylic acids is 2. The molecule has 0 saturated carbocycles. The number of nitrogens with zero attached hydrogens (tertiary/aromatic N) is 1. The molecule has 1 amide bonds. The number of nitrogens with one attached hydrogen (secondary N) is 2. The minimum Gasteiger partial charge on any atom is -0.462 e. The van der Waals surface area contributed by atoms with E-state index in [0.29, 0.717) is 29.2 Å². The standard InChI is InChI=1S/C23H23N3O3/c1-4-29-23(28)18-10-5-6-11-19(18)25-20-13-12-17(14-24-20)22(27)26-21-15(2)8-7-9-16(21)3/h5-14H,4H2,1-3H3,(H,24,25)(H,26,27). The lowest BCUT2D eigenvalue weighted by molar-refractivity contribution is 0.0527. The topological polar surface area (TPSA) is 80.3 Å². The molecule has 6 heteroatoms. The number of hydrogen-bond acceptors (Lipinski definition) is 5. The lowest BCUT2D eigenvalue weighted by atomic mass is 10.1. The molecule has 148 valence electrons. The van der Waals surface area contributed by atoms with Crippen molar-refractivity contribution >= 4 is 29.1 Å². The van der Waals surface area contributed by atoms with Gasteiger partial charge in [0.25, 0.3) is 5.91 Å². The lowest BCUT2D eigenvalue weighted by Gasteiger charge is -2.12. The molecule has 0 aliphatic carbocycles. The van der Waals surface area contributed by atoms with Crippen LogP contribution in [0.1, 0.15) is 38.8 Å². The Morgan fingerprint density at radius 1 is 0.966 bits per heavy atom. The molecule has 2 aromatic carbocycles. The van der Waals surface area contributed by atoms with E-state index in [0.717, 1.165) is 16.8 Å². The number of pyridine rings is 1. The fraction of sp³-hybridized carbons (Fsp3) is 0.174. The van der Waals surface area contributed by atoms with Gasteiger partial charge >= 0.3 is 5.97 Å². The van der Waals surface area contributed by atoms with Gasteiger partial charge in [0.15, 0.2) is 0 Å². The van der Waals surface area contributed by atoms with Crippen molar-refractivity contribution in [1.29, 1.82) is 0 Å². The Morgan fingerprint density at radius 2 is 1.69 bits per heavy atom. The highest BCUT2D eigenvalue weighted by Crippen LogP contribution is 2.22. The first-order valence-corrected chi connectivity index (χ1v) is 9.36. The molecule has 6 nitrogen and oxygen atoms in total. The third-order valence-electron chi connectivity index (χ3n) is 4.43. The first kappa shape index (κ1) is 20.1. The molecule has 3 aromatic rings. The van der Waals surface area contributed by atoms with Crippen LogP contribution < -0.4 is 10.6 Å². The fourth-order valence-electron chi connectivity index (χ4n) is 2.92. The maximum absolute atomic E-state index is 12.6. The van der Waals surface area contributed by atoms with Crippen molar-refractivity contribution in [1.82, 2.24) is 4.98 Å². The summed E-state index contributed by atoms with van der Waals surface area (Å²) in [6.07, 6.45) is 1.50. The molecule has 1 aromatic heterocycles. The first-order chi connectivity index (χ1) is 14.0. The number of aryl methyl sites for hydroxylation is 2. The third kappa shape index (κ3) is 4.79. The molecule has 0 saturated heterocycles. The largest absolute Gasteiger partial charge is 0.462 e. The normalized spacial score (nSPS) is 10.3. The van der Waals surface area contributed by atoms with E-state index in [1.807, 2.05) is 38.1 Å². The average molecular weight is 389 g/mol. The molecule has 0 unspecified atom stereocenters. The van der Waals surface area contributed by atoms with Gasteiger partial charge in [-0.15, -0.1) is 0 Å². The zero-order chi connectivity index (χ0) is 20.8. The molecule has 3 rings (SSSR count). The number of aromatic nitrogens is 1. The van der Waals surface area contributed by atoms with Gasteiger partial charge in [-0.1, -0.05) is 30.3 Å². The van der Waals surface area contributed by atoms with Gasteiger partial charge in [0.2, 0.25) is 0 Å². The van der Waals surface area contributed by atoms with Crippen LogP contribution in [0, 0.1) is 13.8 Å². The Kier molecular flexibility index (Phi) is 6.24. The van der Waals surface area contributed by atoms with Crippen LogP contribution in [0.4, 0.5) is 17.2 Å². The van der Waals surface area contributed by atoms with Crippen LogP contribution in [-0.2, 0) is 4.74 Å². The van der Waals surface area contributed by atoms with Gasteiger partial charge in [-0.2, -0.15) is 0 Å². The summed E-state index contributed by atoms with van der Waals surface area (Å²) in [5, 5.41) is 6.04. The van der Waals surface area contributed by atoms with E-state index in [2.05, 4.69) is 15.6 Å². The van der Waals surface area contributed by atoms with E-state index >= 15 is 0 Å². The summed E-state index contributed by atoms with van der Waals surface area (Å²) in [6.45, 7) is 5.97. The van der Waals surface area contributed by atoms with E-state index in [4.69, 9.17) is 4.74 Å². The molecule has 0 radical (unpaired) electrons. The Labute approximate surface area is 169 Å². The summed E-state index contributed by atoms with van der Waals surface area (Å²) in [5.74, 6) is -0.112. The highest BCUT2D eigenvalue weighted by Gasteiger charge is 2.13. The monoisotopic (exact) mass is 389 g/mol. The maximum atomic E-state index is 12.6. The second-order valence-corrected chi connectivity index (χ2v) is 6.54. The number of carbonyl (C=O) groups is 2. The summed E-state index contributed by atoms with van der Waals surface area (Å²) >= 11 is 0. The Bertz CT molecular complexity index is 1010. The van der Waals surface area contributed by atoms with Gasteiger partial charge in [0, 0.05) is 11.9 Å². The minimum atomic E-state index is -0.403. The zero-order valence-electron chi connectivity index (χ0n) is 16.7. The lowest BCUT2D eigenvalue weighted by Crippen LogP contribution is -2.14. The summed E-state index contributed by atoms with van der Waals surface area (Å²) in [6, 6.07) is 16.3. The number of para-hydroxylation sites is 2. The van der Waals surface area contributed by atoms with Crippen molar-refractivity contribution in [3.05, 3.63) is 83.0 Å². The van der Waals surface area contributed by atoms with Crippen LogP contribution in [0.3, 0.4) is 0 Å². The van der Waals surface area contributed by atoms with E-state index in [1.165, 1.54) is 6.20 Å². The van der Waals surface area contributed by atoms with Gasteiger partial charge in [-0.3, -0.25) is 4.79 Å². The second-order valence-electron chi connectivity index (χ2n) is 6.54. The highest BCUT2D eigenvalue weighted by molar-refractivity contribution is 6.05. The van der Waals surface area contributed by atoms with E-state index < -0.39 is 5.97 Å². The molecule has 29 heavy (non-hydrogen) atoms. The van der Waals surface area contributed by atoms with Crippen molar-refractivity contribution in [2.45, 2.75) is 20.8 Å². The van der Waals surface area contributed by atoms with Crippen LogP contribution in [0.5, 0.6) is 0 Å². The van der Waals surface area contributed by atoms with Crippen molar-refractivity contribution < 1.29 is 14.3 Å². The number of ether oxygens (including phenoxy) is 1. The summed E-state index contributed by atoms with van der Waals surface area (Å²) in [7, 11) is 0. The zero-order valence-corrected chi connectivity index (χ0v) is 16.7. The van der Waals surface area contributed by atoms with Crippen LogP contribution >= 0.6 is 0 Å². The average Bonchev–Trinajstić information content (AvgIpc) is 2.72. The molecule has 1 heterocycles. The van der Waals surface area contributed by atoms with Gasteiger partial charge in [-0.05, 0) is 56.2 Å². The number of benzene rings is 2. The van der Waals surface area contributed by atoms with E-state index in [-0.39, 0.29) is 5.91 Å². The van der Waals surface area contributed by atoms with E-state index in [9.17, 15) is 9.59 Å². The van der Waals surface area contributed by atoms with Gasteiger partial charge in [0.05, 0.1) is 23.4 Å². The second kappa shape index (κ2) is 9.01. The van der Waals surface area contributed by atoms with Crippen molar-refractivity contribution in [2.24, 2.45) is 0 Å². The quantitative estimate of drug-likeness (QED) is 0.588. The predicted octanol–water partition coefficient (Wildman–Crippen LogP) is 4.87. The number of hydrogen-bond donors (Lipinski definition) is 2. The number of amides is 1. The summed E-state index contributed by atoms with van der Waals surface area (Å²) < 4.78 is 5.08. The van der Waals surface area contributed by atoms with Gasteiger partial charge in [-0.25, -0.2) is 9.78 Å². The maximum Gasteiger partial charge on any atom is 0.340 e. The van der Waals surface area contributed by atoms with Crippen LogP contribution in [0.25, 0.3) is 0 Å². The molecule has 0 bridgehead atoms. The number of anilines is 3. The highest BCUT2D eigenvalue weighted by atomic mass is 16.5. The molecule has 0 atom stereocenters. The van der Waals surface area contributed by atoms with E-state index in [1.54, 1.807) is 37.3 Å². The van der Waals surface area contributed by atoms with Gasteiger partial charge in [0.1, 0.15) is 5.82 Å². The van der Waals surface area contributed by atoms with Crippen molar-refractivity contribution in [3.63, 3.8) is 0 Å². The number of rotatable bonds is 6. The first-order valence-electron chi connectivity index (χ1n) is 9.36. The molecule has 0 spiro atoms. The van der Waals surface area contributed by atoms with Gasteiger partial charge < -0.3 is 15.4 Å². The van der Waals surface area contributed by atoms with Crippen molar-refractivity contribution in [2.75, 3.05) is 17.2 Å². The van der Waals surface area contributed by atoms with Crippen molar-refractivity contribution in [3.8, 4) is 0 Å².